The van der Waals surface area contributed by atoms with E-state index in [1.807, 2.05) is 25.7 Å². The van der Waals surface area contributed by atoms with Crippen LogP contribution in [-0.2, 0) is 4.74 Å². The molecule has 0 saturated carbocycles. The molecule has 1 atom stereocenters. The van der Waals surface area contributed by atoms with Crippen molar-refractivity contribution in [3.8, 4) is 0 Å². The first-order chi connectivity index (χ1) is 10.3. The molecule has 0 unspecified atom stereocenters. The first-order valence-electron chi connectivity index (χ1n) is 8.46. The summed E-state index contributed by atoms with van der Waals surface area (Å²) in [5.74, 6) is 0. The van der Waals surface area contributed by atoms with Gasteiger partial charge < -0.3 is 19.9 Å². The molecule has 0 spiro atoms. The summed E-state index contributed by atoms with van der Waals surface area (Å²) in [5, 5.41) is 3.58. The molecular formula is C16H32N4O2. The lowest BCUT2D eigenvalue weighted by Gasteiger charge is -2.32. The number of hydrogen-bond acceptors (Lipinski definition) is 5. The van der Waals surface area contributed by atoms with Crippen molar-refractivity contribution in [2.24, 2.45) is 0 Å². The van der Waals surface area contributed by atoms with Crippen LogP contribution in [-0.4, -0.2) is 91.8 Å². The second-order valence-electron chi connectivity index (χ2n) is 7.51. The average Bonchev–Trinajstić information content (AvgIpc) is 2.88. The van der Waals surface area contributed by atoms with Crippen LogP contribution >= 0.6 is 0 Å². The minimum Gasteiger partial charge on any atom is -0.444 e. The number of rotatable bonds is 4. The maximum absolute atomic E-state index is 12.0. The molecule has 1 N–H and O–H groups in total. The molecule has 128 valence electrons. The molecule has 2 aliphatic rings. The van der Waals surface area contributed by atoms with E-state index in [1.165, 1.54) is 0 Å². The number of amides is 1. The summed E-state index contributed by atoms with van der Waals surface area (Å²) in [6.45, 7) is 14.0. The van der Waals surface area contributed by atoms with Gasteiger partial charge in [0.15, 0.2) is 0 Å². The number of hydrogen-bond donors (Lipinski definition) is 1. The van der Waals surface area contributed by atoms with Crippen molar-refractivity contribution >= 4 is 6.09 Å². The zero-order valence-electron chi connectivity index (χ0n) is 14.6. The number of likely N-dealkylation sites (N-methyl/N-ethyl adjacent to an activating group) is 1. The SMILES string of the molecule is CN1CCN(CCN[C@H]2CCN(C(=O)OC(C)(C)C)C2)CC1. The molecule has 0 bridgehead atoms. The van der Waals surface area contributed by atoms with Crippen molar-refractivity contribution in [2.75, 3.05) is 59.4 Å². The van der Waals surface area contributed by atoms with Gasteiger partial charge in [-0.05, 0) is 34.2 Å². The molecule has 0 aromatic rings. The predicted molar refractivity (Wildman–Crippen MR) is 88.2 cm³/mol. The van der Waals surface area contributed by atoms with E-state index in [1.54, 1.807) is 0 Å². The Hall–Kier alpha value is -0.850. The van der Waals surface area contributed by atoms with Crippen molar-refractivity contribution in [1.82, 2.24) is 20.0 Å². The Kier molecular flexibility index (Phi) is 6.06. The lowest BCUT2D eigenvalue weighted by Crippen LogP contribution is -2.47. The zero-order chi connectivity index (χ0) is 16.2. The second kappa shape index (κ2) is 7.62. The Morgan fingerprint density at radius 3 is 2.50 bits per heavy atom. The van der Waals surface area contributed by atoms with E-state index in [4.69, 9.17) is 4.74 Å². The molecule has 22 heavy (non-hydrogen) atoms. The molecule has 0 aromatic heterocycles. The third kappa shape index (κ3) is 5.74. The Morgan fingerprint density at radius 1 is 1.18 bits per heavy atom. The smallest absolute Gasteiger partial charge is 0.410 e. The number of nitrogens with zero attached hydrogens (tertiary/aromatic N) is 3. The number of piperazine rings is 1. The van der Waals surface area contributed by atoms with Crippen LogP contribution in [0.15, 0.2) is 0 Å². The number of carbonyl (C=O) groups is 1. The van der Waals surface area contributed by atoms with Crippen LogP contribution in [0.25, 0.3) is 0 Å². The third-order valence-corrected chi connectivity index (χ3v) is 4.30. The van der Waals surface area contributed by atoms with Gasteiger partial charge in [0.2, 0.25) is 0 Å². The van der Waals surface area contributed by atoms with Gasteiger partial charge in [-0.3, -0.25) is 4.90 Å². The minimum atomic E-state index is -0.413. The van der Waals surface area contributed by atoms with E-state index in [9.17, 15) is 4.79 Å². The van der Waals surface area contributed by atoms with Crippen LogP contribution in [0.1, 0.15) is 27.2 Å². The molecule has 0 aliphatic carbocycles. The monoisotopic (exact) mass is 312 g/mol. The Bertz CT molecular complexity index is 362. The van der Waals surface area contributed by atoms with Gasteiger partial charge >= 0.3 is 6.09 Å². The standard InChI is InChI=1S/C16H32N4O2/c1-16(2,3)22-15(21)20-7-5-14(13-20)17-6-8-19-11-9-18(4)10-12-19/h14,17H,5-13H2,1-4H3/t14-/m0/s1. The fourth-order valence-electron chi connectivity index (χ4n) is 2.92. The maximum atomic E-state index is 12.0. The first kappa shape index (κ1) is 17.5. The molecule has 2 aliphatic heterocycles. The van der Waals surface area contributed by atoms with E-state index < -0.39 is 5.60 Å². The number of ether oxygens (including phenoxy) is 1. The van der Waals surface area contributed by atoms with Crippen LogP contribution in [0.2, 0.25) is 0 Å². The summed E-state index contributed by atoms with van der Waals surface area (Å²) in [7, 11) is 2.18. The summed E-state index contributed by atoms with van der Waals surface area (Å²) < 4.78 is 5.43. The molecule has 1 amide bonds. The van der Waals surface area contributed by atoms with E-state index in [2.05, 4.69) is 22.2 Å². The number of nitrogens with one attached hydrogen (secondary N) is 1. The first-order valence-corrected chi connectivity index (χ1v) is 8.46. The van der Waals surface area contributed by atoms with Gasteiger partial charge in [0.1, 0.15) is 5.60 Å². The summed E-state index contributed by atoms with van der Waals surface area (Å²) in [6, 6.07) is 0.403. The van der Waals surface area contributed by atoms with Gasteiger partial charge in [0.05, 0.1) is 0 Å². The quantitative estimate of drug-likeness (QED) is 0.833. The molecule has 6 heteroatoms. The topological polar surface area (TPSA) is 48.0 Å². The summed E-state index contributed by atoms with van der Waals surface area (Å²) in [4.78, 5) is 18.7. The number of carbonyl (C=O) groups excluding carboxylic acids is 1. The fourth-order valence-corrected chi connectivity index (χ4v) is 2.92. The maximum Gasteiger partial charge on any atom is 0.410 e. The van der Waals surface area contributed by atoms with Crippen LogP contribution < -0.4 is 5.32 Å². The largest absolute Gasteiger partial charge is 0.444 e. The van der Waals surface area contributed by atoms with Gasteiger partial charge in [0, 0.05) is 58.4 Å². The van der Waals surface area contributed by atoms with E-state index >= 15 is 0 Å². The highest BCUT2D eigenvalue weighted by Crippen LogP contribution is 2.15. The van der Waals surface area contributed by atoms with E-state index in [0.29, 0.717) is 6.04 Å². The lowest BCUT2D eigenvalue weighted by atomic mass is 10.2. The number of likely N-dealkylation sites (tertiary alicyclic amines) is 1. The normalized spacial score (nSPS) is 24.7. The molecule has 2 heterocycles. The third-order valence-electron chi connectivity index (χ3n) is 4.30. The fraction of sp³-hybridized carbons (Fsp3) is 0.938. The highest BCUT2D eigenvalue weighted by molar-refractivity contribution is 5.68. The molecular weight excluding hydrogens is 280 g/mol. The van der Waals surface area contributed by atoms with Crippen LogP contribution in [0.5, 0.6) is 0 Å². The van der Waals surface area contributed by atoms with Gasteiger partial charge in [-0.15, -0.1) is 0 Å². The van der Waals surface area contributed by atoms with Gasteiger partial charge in [-0.2, -0.15) is 0 Å². The van der Waals surface area contributed by atoms with Crippen LogP contribution in [0.4, 0.5) is 4.79 Å². The zero-order valence-corrected chi connectivity index (χ0v) is 14.6. The van der Waals surface area contributed by atoms with Crippen molar-refractivity contribution in [2.45, 2.75) is 38.8 Å². The van der Waals surface area contributed by atoms with Crippen LogP contribution in [0.3, 0.4) is 0 Å². The van der Waals surface area contributed by atoms with Crippen LogP contribution in [0, 0.1) is 0 Å². The van der Waals surface area contributed by atoms with E-state index in [0.717, 1.165) is 58.8 Å². The minimum absolute atomic E-state index is 0.184. The van der Waals surface area contributed by atoms with Crippen molar-refractivity contribution in [3.63, 3.8) is 0 Å². The Morgan fingerprint density at radius 2 is 1.86 bits per heavy atom. The van der Waals surface area contributed by atoms with E-state index in [-0.39, 0.29) is 6.09 Å². The average molecular weight is 312 g/mol. The Balaban J connectivity index is 1.61. The summed E-state index contributed by atoms with van der Waals surface area (Å²) in [5.41, 5.74) is -0.413. The molecule has 0 radical (unpaired) electrons. The molecule has 2 rings (SSSR count). The molecule has 2 saturated heterocycles. The summed E-state index contributed by atoms with van der Waals surface area (Å²) >= 11 is 0. The molecule has 2 fully saturated rings. The highest BCUT2D eigenvalue weighted by atomic mass is 16.6. The molecule has 6 nitrogen and oxygen atoms in total. The van der Waals surface area contributed by atoms with Crippen molar-refractivity contribution in [3.05, 3.63) is 0 Å². The van der Waals surface area contributed by atoms with Crippen molar-refractivity contribution < 1.29 is 9.53 Å². The molecule has 0 aromatic carbocycles. The predicted octanol–water partition coefficient (Wildman–Crippen LogP) is 0.833. The van der Waals surface area contributed by atoms with Gasteiger partial charge in [0.25, 0.3) is 0 Å². The Labute approximate surface area is 134 Å². The lowest BCUT2D eigenvalue weighted by molar-refractivity contribution is 0.0291. The summed E-state index contributed by atoms with van der Waals surface area (Å²) in [6.07, 6.45) is 0.831. The second-order valence-corrected chi connectivity index (χ2v) is 7.51. The van der Waals surface area contributed by atoms with Gasteiger partial charge in [-0.25, -0.2) is 4.79 Å². The van der Waals surface area contributed by atoms with Crippen molar-refractivity contribution in [1.29, 1.82) is 0 Å². The van der Waals surface area contributed by atoms with Gasteiger partial charge in [-0.1, -0.05) is 0 Å². The highest BCUT2D eigenvalue weighted by Gasteiger charge is 2.29.